The van der Waals surface area contributed by atoms with E-state index in [0.717, 1.165) is 11.1 Å². The van der Waals surface area contributed by atoms with Crippen LogP contribution >= 0.6 is 0 Å². The van der Waals surface area contributed by atoms with E-state index in [2.05, 4.69) is 6.07 Å². The van der Waals surface area contributed by atoms with Crippen LogP contribution in [0.2, 0.25) is 0 Å². The van der Waals surface area contributed by atoms with Gasteiger partial charge in [-0.2, -0.15) is 0 Å². The Labute approximate surface area is 67.2 Å². The van der Waals surface area contributed by atoms with E-state index in [9.17, 15) is 0 Å². The average Bonchev–Trinajstić information content (AvgIpc) is 1.97. The van der Waals surface area contributed by atoms with Gasteiger partial charge < -0.3 is 11.5 Å². The third-order valence-electron chi connectivity index (χ3n) is 2.20. The molecule has 1 radical (unpaired) electrons. The molecule has 1 aromatic rings. The van der Waals surface area contributed by atoms with E-state index in [4.69, 9.17) is 11.5 Å². The van der Waals surface area contributed by atoms with E-state index < -0.39 is 0 Å². The van der Waals surface area contributed by atoms with E-state index in [-0.39, 0.29) is 0 Å². The Kier molecular flexibility index (Phi) is 1.77. The van der Waals surface area contributed by atoms with Crippen LogP contribution in [-0.2, 0) is 0 Å². The summed E-state index contributed by atoms with van der Waals surface area (Å²) in [5.41, 5.74) is 16.0. The molecule has 0 aliphatic carbocycles. The number of anilines is 2. The molecule has 2 nitrogen and oxygen atoms in total. The van der Waals surface area contributed by atoms with Crippen molar-refractivity contribution in [2.24, 2.45) is 0 Å². The molecular weight excluding hydrogens is 136 g/mol. The first kappa shape index (κ1) is 7.92. The molecule has 0 spiro atoms. The minimum atomic E-state index is 0.658. The van der Waals surface area contributed by atoms with Gasteiger partial charge >= 0.3 is 0 Å². The lowest BCUT2D eigenvalue weighted by Gasteiger charge is -2.09. The van der Waals surface area contributed by atoms with Crippen molar-refractivity contribution in [3.05, 3.63) is 22.8 Å². The molecule has 0 fully saturated rings. The summed E-state index contributed by atoms with van der Waals surface area (Å²) in [5, 5.41) is 0. The van der Waals surface area contributed by atoms with Gasteiger partial charge in [-0.3, -0.25) is 0 Å². The van der Waals surface area contributed by atoms with E-state index in [0.29, 0.717) is 11.4 Å². The fourth-order valence-electron chi connectivity index (χ4n) is 1.02. The average molecular weight is 149 g/mol. The van der Waals surface area contributed by atoms with Gasteiger partial charge in [0.15, 0.2) is 0 Å². The molecule has 0 saturated heterocycles. The van der Waals surface area contributed by atoms with Gasteiger partial charge in [0.25, 0.3) is 0 Å². The zero-order valence-corrected chi connectivity index (χ0v) is 7.15. The second-order valence-electron chi connectivity index (χ2n) is 2.83. The molecule has 4 N–H and O–H groups in total. The Bertz CT molecular complexity index is 264. The summed E-state index contributed by atoms with van der Waals surface area (Å²) in [7, 11) is 0. The highest BCUT2D eigenvalue weighted by atomic mass is 14.6. The highest BCUT2D eigenvalue weighted by Gasteiger charge is 2.04. The first-order chi connectivity index (χ1) is 5.04. The van der Waals surface area contributed by atoms with Crippen LogP contribution in [0.15, 0.2) is 0 Å². The summed E-state index contributed by atoms with van der Waals surface area (Å²) >= 11 is 0. The van der Waals surface area contributed by atoms with Crippen molar-refractivity contribution in [1.82, 2.24) is 0 Å². The van der Waals surface area contributed by atoms with Gasteiger partial charge in [-0.15, -0.1) is 0 Å². The maximum absolute atomic E-state index is 5.65. The molecule has 0 bridgehead atoms. The molecule has 0 amide bonds. The van der Waals surface area contributed by atoms with Gasteiger partial charge in [0.05, 0.1) is 0 Å². The third-order valence-corrected chi connectivity index (χ3v) is 2.20. The fourth-order valence-corrected chi connectivity index (χ4v) is 1.02. The van der Waals surface area contributed by atoms with Crippen molar-refractivity contribution in [2.75, 3.05) is 11.5 Å². The minimum absolute atomic E-state index is 0.658. The van der Waals surface area contributed by atoms with Crippen molar-refractivity contribution < 1.29 is 0 Å². The van der Waals surface area contributed by atoms with Crippen molar-refractivity contribution in [2.45, 2.75) is 20.8 Å². The van der Waals surface area contributed by atoms with Crippen molar-refractivity contribution in [3.63, 3.8) is 0 Å². The van der Waals surface area contributed by atoms with Crippen LogP contribution in [0.5, 0.6) is 0 Å². The molecule has 11 heavy (non-hydrogen) atoms. The summed E-state index contributed by atoms with van der Waals surface area (Å²) in [6.07, 6.45) is 0. The Morgan fingerprint density at radius 3 is 1.55 bits per heavy atom. The number of nitrogen functional groups attached to an aromatic ring is 2. The summed E-state index contributed by atoms with van der Waals surface area (Å²) in [5.74, 6) is 0. The number of hydrogen-bond acceptors (Lipinski definition) is 2. The first-order valence-corrected chi connectivity index (χ1v) is 3.58. The molecule has 0 unspecified atom stereocenters. The quantitative estimate of drug-likeness (QED) is 0.550. The number of nitrogens with two attached hydrogens (primary N) is 2. The van der Waals surface area contributed by atoms with Crippen LogP contribution in [0.3, 0.4) is 0 Å². The van der Waals surface area contributed by atoms with Crippen LogP contribution in [-0.4, -0.2) is 0 Å². The van der Waals surface area contributed by atoms with E-state index >= 15 is 0 Å². The molecule has 0 aromatic heterocycles. The highest BCUT2D eigenvalue weighted by Crippen LogP contribution is 2.23. The van der Waals surface area contributed by atoms with Crippen LogP contribution in [0, 0.1) is 26.8 Å². The molecule has 0 atom stereocenters. The van der Waals surface area contributed by atoms with Crippen LogP contribution in [0.4, 0.5) is 11.4 Å². The fraction of sp³-hybridized carbons (Fsp3) is 0.333. The summed E-state index contributed by atoms with van der Waals surface area (Å²) in [4.78, 5) is 0. The molecular formula is C9H13N2. The number of hydrogen-bond donors (Lipinski definition) is 2. The Hall–Kier alpha value is -1.18. The summed E-state index contributed by atoms with van der Waals surface area (Å²) < 4.78 is 0. The van der Waals surface area contributed by atoms with Crippen LogP contribution < -0.4 is 11.5 Å². The second-order valence-corrected chi connectivity index (χ2v) is 2.83. The topological polar surface area (TPSA) is 52.0 Å². The van der Waals surface area contributed by atoms with Gasteiger partial charge in [0.2, 0.25) is 0 Å². The maximum Gasteiger partial charge on any atom is 0.0448 e. The maximum atomic E-state index is 5.65. The molecule has 1 aromatic carbocycles. The molecule has 2 heteroatoms. The zero-order chi connectivity index (χ0) is 8.59. The predicted molar refractivity (Wildman–Crippen MR) is 48.3 cm³/mol. The predicted octanol–water partition coefficient (Wildman–Crippen LogP) is 1.58. The van der Waals surface area contributed by atoms with Crippen molar-refractivity contribution in [1.29, 1.82) is 0 Å². The van der Waals surface area contributed by atoms with Crippen molar-refractivity contribution >= 4 is 11.4 Å². The van der Waals surface area contributed by atoms with Gasteiger partial charge in [-0.05, 0) is 37.5 Å². The smallest absolute Gasteiger partial charge is 0.0448 e. The first-order valence-electron chi connectivity index (χ1n) is 3.58. The monoisotopic (exact) mass is 149 g/mol. The third kappa shape index (κ3) is 1.16. The highest BCUT2D eigenvalue weighted by molar-refractivity contribution is 5.63. The number of benzene rings is 1. The molecule has 59 valence electrons. The SMILES string of the molecule is Cc1c(N)[c]c(N)c(C)c1C. The van der Waals surface area contributed by atoms with Crippen LogP contribution in [0.25, 0.3) is 0 Å². The van der Waals surface area contributed by atoms with E-state index in [1.165, 1.54) is 5.56 Å². The lowest BCUT2D eigenvalue weighted by molar-refractivity contribution is 1.27. The molecule has 1 rings (SSSR count). The Balaban J connectivity index is 3.46. The van der Waals surface area contributed by atoms with Gasteiger partial charge in [-0.1, -0.05) is 0 Å². The number of rotatable bonds is 0. The molecule has 0 heterocycles. The Morgan fingerprint density at radius 1 is 0.818 bits per heavy atom. The zero-order valence-electron chi connectivity index (χ0n) is 7.15. The van der Waals surface area contributed by atoms with Gasteiger partial charge in [0.1, 0.15) is 0 Å². The lowest BCUT2D eigenvalue weighted by atomic mass is 10.0. The largest absolute Gasteiger partial charge is 0.398 e. The standard InChI is InChI=1S/C9H13N2/c1-5-6(2)8(10)4-9(11)7(5)3/h10-11H2,1-3H3. The van der Waals surface area contributed by atoms with E-state index in [1.807, 2.05) is 20.8 Å². The molecule has 0 saturated carbocycles. The summed E-state index contributed by atoms with van der Waals surface area (Å²) in [6, 6.07) is 2.90. The lowest BCUT2D eigenvalue weighted by Crippen LogP contribution is -2.00. The molecule has 0 aliphatic rings. The molecule has 0 aliphatic heterocycles. The van der Waals surface area contributed by atoms with Gasteiger partial charge in [-0.25, -0.2) is 0 Å². The second kappa shape index (κ2) is 2.46. The Morgan fingerprint density at radius 2 is 1.18 bits per heavy atom. The van der Waals surface area contributed by atoms with Gasteiger partial charge in [0, 0.05) is 17.4 Å². The van der Waals surface area contributed by atoms with E-state index in [1.54, 1.807) is 0 Å². The summed E-state index contributed by atoms with van der Waals surface area (Å²) in [6.45, 7) is 5.98. The minimum Gasteiger partial charge on any atom is -0.398 e. The normalized spacial score (nSPS) is 10.1. The van der Waals surface area contributed by atoms with Crippen LogP contribution in [0.1, 0.15) is 16.7 Å². The van der Waals surface area contributed by atoms with Crippen molar-refractivity contribution in [3.8, 4) is 0 Å².